The molecule has 0 amide bonds. The molecule has 0 aliphatic carbocycles. The molecule has 0 saturated carbocycles. The average molecular weight is 213 g/mol. The van der Waals surface area contributed by atoms with E-state index in [4.69, 9.17) is 0 Å². The van der Waals surface area contributed by atoms with Crippen LogP contribution in [0.3, 0.4) is 0 Å². The molecule has 0 fully saturated rings. The van der Waals surface area contributed by atoms with Crippen molar-refractivity contribution in [3.63, 3.8) is 0 Å². The van der Waals surface area contributed by atoms with Crippen molar-refractivity contribution in [3.8, 4) is 0 Å². The maximum Gasteiger partial charge on any atom is 0.390 e. The minimum absolute atomic E-state index is 0.405. The molecule has 0 spiro atoms. The van der Waals surface area contributed by atoms with Crippen molar-refractivity contribution >= 4 is 26.6 Å². The molecule has 0 aliphatic heterocycles. The summed E-state index contributed by atoms with van der Waals surface area (Å²) in [4.78, 5) is 14.0. The predicted octanol–water partition coefficient (Wildman–Crippen LogP) is 1.21. The summed E-state index contributed by atoms with van der Waals surface area (Å²) >= 11 is 1.49. The van der Waals surface area contributed by atoms with Crippen molar-refractivity contribution < 1.29 is 9.63 Å². The number of nitrogens with one attached hydrogen (secondary N) is 1. The van der Waals surface area contributed by atoms with E-state index < -0.39 is 3.98 Å². The monoisotopic (exact) mass is 213 g/mol. The Balaban J connectivity index is 2.97. The van der Waals surface area contributed by atoms with Gasteiger partial charge in [-0.2, -0.15) is 0 Å². The standard InChI is InChI=1S/C3H4INO2/c1-2-5-7-3(4)6/h2,5H,1H2. The summed E-state index contributed by atoms with van der Waals surface area (Å²) in [5.74, 6) is 0. The normalized spacial score (nSPS) is 7.00. The molecule has 0 aliphatic rings. The second kappa shape index (κ2) is 3.91. The van der Waals surface area contributed by atoms with Crippen LogP contribution >= 0.6 is 22.6 Å². The van der Waals surface area contributed by atoms with Gasteiger partial charge in [0.15, 0.2) is 0 Å². The van der Waals surface area contributed by atoms with Crippen LogP contribution in [0.5, 0.6) is 0 Å². The van der Waals surface area contributed by atoms with Gasteiger partial charge in [0.25, 0.3) is 0 Å². The SMILES string of the molecule is C=CNOC(=O)I. The van der Waals surface area contributed by atoms with Gasteiger partial charge in [-0.3, -0.25) is 0 Å². The number of hydrogen-bond donors (Lipinski definition) is 1. The minimum atomic E-state index is -0.405. The van der Waals surface area contributed by atoms with Crippen LogP contribution in [-0.4, -0.2) is 3.98 Å². The van der Waals surface area contributed by atoms with E-state index in [1.54, 1.807) is 0 Å². The van der Waals surface area contributed by atoms with Crippen LogP contribution < -0.4 is 5.48 Å². The van der Waals surface area contributed by atoms with Crippen LogP contribution in [0, 0.1) is 0 Å². The highest BCUT2D eigenvalue weighted by molar-refractivity contribution is 14.1. The molecular formula is C3H4INO2. The van der Waals surface area contributed by atoms with Crippen molar-refractivity contribution in [1.82, 2.24) is 5.48 Å². The number of hydrogen-bond acceptors (Lipinski definition) is 3. The van der Waals surface area contributed by atoms with Crippen molar-refractivity contribution in [1.29, 1.82) is 0 Å². The maximum absolute atomic E-state index is 9.86. The Hall–Kier alpha value is -0.260. The van der Waals surface area contributed by atoms with Crippen LogP contribution in [0.2, 0.25) is 0 Å². The van der Waals surface area contributed by atoms with E-state index in [2.05, 4.69) is 16.9 Å². The molecule has 0 aromatic rings. The largest absolute Gasteiger partial charge is 0.390 e. The number of halogens is 1. The van der Waals surface area contributed by atoms with Crippen molar-refractivity contribution in [2.75, 3.05) is 0 Å². The van der Waals surface area contributed by atoms with Gasteiger partial charge in [0.2, 0.25) is 0 Å². The first kappa shape index (κ1) is 6.74. The lowest BCUT2D eigenvalue weighted by Gasteiger charge is -1.92. The molecule has 0 radical (unpaired) electrons. The van der Waals surface area contributed by atoms with Gasteiger partial charge >= 0.3 is 3.98 Å². The number of rotatable bonds is 2. The van der Waals surface area contributed by atoms with Crippen LogP contribution in [-0.2, 0) is 4.84 Å². The molecule has 0 rings (SSSR count). The summed E-state index contributed by atoms with van der Waals surface area (Å²) in [5, 5.41) is 0. The highest BCUT2D eigenvalue weighted by atomic mass is 127. The molecule has 0 unspecified atom stereocenters. The van der Waals surface area contributed by atoms with E-state index in [1.165, 1.54) is 28.8 Å². The fraction of sp³-hybridized carbons (Fsp3) is 0. The Labute approximate surface area is 54.8 Å². The number of hydroxylamine groups is 1. The summed E-state index contributed by atoms with van der Waals surface area (Å²) in [6.45, 7) is 3.24. The molecule has 0 aromatic carbocycles. The lowest BCUT2D eigenvalue weighted by Crippen LogP contribution is -2.06. The molecule has 7 heavy (non-hydrogen) atoms. The van der Waals surface area contributed by atoms with Gasteiger partial charge in [-0.25, -0.2) is 10.3 Å². The van der Waals surface area contributed by atoms with E-state index in [9.17, 15) is 4.79 Å². The first-order chi connectivity index (χ1) is 3.27. The maximum atomic E-state index is 9.86. The number of carbonyl (C=O) groups excluding carboxylic acids is 1. The molecule has 0 heterocycles. The zero-order valence-corrected chi connectivity index (χ0v) is 5.64. The highest BCUT2D eigenvalue weighted by Crippen LogP contribution is 1.85. The third-order valence-corrected chi connectivity index (χ3v) is 0.443. The van der Waals surface area contributed by atoms with Gasteiger partial charge in [-0.15, -0.1) is 0 Å². The first-order valence-corrected chi connectivity index (χ1v) is 2.58. The third-order valence-electron chi connectivity index (χ3n) is 0.223. The van der Waals surface area contributed by atoms with Crippen molar-refractivity contribution in [3.05, 3.63) is 12.8 Å². The van der Waals surface area contributed by atoms with Crippen LogP contribution in [0.25, 0.3) is 0 Å². The fourth-order valence-corrected chi connectivity index (χ4v) is 0.215. The van der Waals surface area contributed by atoms with Crippen LogP contribution in [0.15, 0.2) is 12.8 Å². The summed E-state index contributed by atoms with van der Waals surface area (Å²) in [6.07, 6.45) is 1.27. The average Bonchev–Trinajstić information content (AvgIpc) is 1.61. The molecule has 3 nitrogen and oxygen atoms in total. The summed E-state index contributed by atoms with van der Waals surface area (Å²) in [6, 6.07) is 0. The topological polar surface area (TPSA) is 38.3 Å². The van der Waals surface area contributed by atoms with Gasteiger partial charge in [-0.1, -0.05) is 6.58 Å². The fourth-order valence-electron chi connectivity index (χ4n) is 0.0880. The van der Waals surface area contributed by atoms with E-state index in [0.717, 1.165) is 0 Å². The first-order valence-electron chi connectivity index (χ1n) is 1.50. The van der Waals surface area contributed by atoms with Crippen molar-refractivity contribution in [2.24, 2.45) is 0 Å². The smallest absolute Gasteiger partial charge is 0.334 e. The van der Waals surface area contributed by atoms with Gasteiger partial charge in [0.05, 0.1) is 22.6 Å². The minimum Gasteiger partial charge on any atom is -0.334 e. The molecule has 4 heteroatoms. The zero-order chi connectivity index (χ0) is 5.70. The Morgan fingerprint density at radius 2 is 2.57 bits per heavy atom. The van der Waals surface area contributed by atoms with Gasteiger partial charge in [0.1, 0.15) is 0 Å². The Morgan fingerprint density at radius 1 is 2.00 bits per heavy atom. The van der Waals surface area contributed by atoms with E-state index in [0.29, 0.717) is 0 Å². The number of carbonyl (C=O) groups is 1. The summed E-state index contributed by atoms with van der Waals surface area (Å²) in [5.41, 5.74) is 2.15. The molecular weight excluding hydrogens is 209 g/mol. The quantitative estimate of drug-likeness (QED) is 0.425. The molecule has 0 atom stereocenters. The molecule has 0 saturated heterocycles. The van der Waals surface area contributed by atoms with Gasteiger partial charge in [0, 0.05) is 6.20 Å². The van der Waals surface area contributed by atoms with E-state index >= 15 is 0 Å². The van der Waals surface area contributed by atoms with Crippen LogP contribution in [0.4, 0.5) is 4.79 Å². The summed E-state index contributed by atoms with van der Waals surface area (Å²) in [7, 11) is 0. The van der Waals surface area contributed by atoms with E-state index in [-0.39, 0.29) is 0 Å². The van der Waals surface area contributed by atoms with E-state index in [1.807, 2.05) is 0 Å². The highest BCUT2D eigenvalue weighted by Gasteiger charge is 1.86. The lowest BCUT2D eigenvalue weighted by molar-refractivity contribution is 0.143. The molecule has 1 N–H and O–H groups in total. The van der Waals surface area contributed by atoms with Crippen molar-refractivity contribution in [2.45, 2.75) is 0 Å². The second-order valence-corrected chi connectivity index (χ2v) is 1.54. The predicted molar refractivity (Wildman–Crippen MR) is 33.8 cm³/mol. The molecule has 40 valence electrons. The zero-order valence-electron chi connectivity index (χ0n) is 3.48. The van der Waals surface area contributed by atoms with Gasteiger partial charge < -0.3 is 4.84 Å². The molecule has 0 aromatic heterocycles. The summed E-state index contributed by atoms with van der Waals surface area (Å²) < 4.78 is -0.405. The van der Waals surface area contributed by atoms with Gasteiger partial charge in [-0.05, 0) is 0 Å². The van der Waals surface area contributed by atoms with Crippen LogP contribution in [0.1, 0.15) is 0 Å². The third kappa shape index (κ3) is 5.74. The Morgan fingerprint density at radius 3 is 2.71 bits per heavy atom. The Bertz CT molecular complexity index is 83.0. The lowest BCUT2D eigenvalue weighted by atomic mass is 11.1. The second-order valence-electron chi connectivity index (χ2n) is 0.662. The Kier molecular flexibility index (Phi) is 3.77. The molecule has 0 bridgehead atoms.